The van der Waals surface area contributed by atoms with Crippen molar-refractivity contribution in [3.63, 3.8) is 0 Å². The van der Waals surface area contributed by atoms with Gasteiger partial charge in [0, 0.05) is 6.42 Å². The van der Waals surface area contributed by atoms with Gasteiger partial charge in [0.2, 0.25) is 5.91 Å². The number of amides is 1. The Labute approximate surface area is 444 Å². The Hall–Kier alpha value is -2.84. The lowest BCUT2D eigenvalue weighted by Crippen LogP contribution is -2.45. The van der Waals surface area contributed by atoms with E-state index in [0.29, 0.717) is 17.4 Å². The molecule has 1 amide bonds. The zero-order valence-electron chi connectivity index (χ0n) is 47.1. The number of rotatable bonds is 52. The zero-order chi connectivity index (χ0) is 52.7. The summed E-state index contributed by atoms with van der Waals surface area (Å²) < 4.78 is 23.2. The van der Waals surface area contributed by atoms with Crippen LogP contribution in [0.15, 0.2) is 109 Å². The maximum atomic E-state index is 12.9. The summed E-state index contributed by atoms with van der Waals surface area (Å²) in [7, 11) is 1.23. The van der Waals surface area contributed by atoms with Gasteiger partial charge >= 0.3 is 0 Å². The van der Waals surface area contributed by atoms with Crippen molar-refractivity contribution in [2.45, 2.75) is 244 Å². The van der Waals surface area contributed by atoms with Gasteiger partial charge in [-0.3, -0.25) is 9.36 Å². The number of unbranched alkanes of at least 4 members (excludes halogenated alkanes) is 23. The van der Waals surface area contributed by atoms with Gasteiger partial charge in [-0.1, -0.05) is 245 Å². The molecule has 0 saturated carbocycles. The van der Waals surface area contributed by atoms with E-state index < -0.39 is 26.6 Å². The largest absolute Gasteiger partial charge is 0.756 e. The molecule has 2 N–H and O–H groups in total. The van der Waals surface area contributed by atoms with Crippen molar-refractivity contribution in [2.75, 3.05) is 40.9 Å². The number of likely N-dealkylation sites (N-methyl/N-ethyl adjacent to an activating group) is 1. The summed E-state index contributed by atoms with van der Waals surface area (Å²) in [6.45, 7) is 4.42. The Balaban J connectivity index is 3.93. The quantitative estimate of drug-likeness (QED) is 0.0272. The lowest BCUT2D eigenvalue weighted by Gasteiger charge is -2.29. The first-order valence-corrected chi connectivity index (χ1v) is 30.7. The minimum atomic E-state index is -4.61. The highest BCUT2D eigenvalue weighted by Crippen LogP contribution is 2.38. The van der Waals surface area contributed by atoms with Gasteiger partial charge in [-0.05, 0) is 89.9 Å². The first-order chi connectivity index (χ1) is 35.0. The second-order valence-corrected chi connectivity index (χ2v) is 22.0. The summed E-state index contributed by atoms with van der Waals surface area (Å²) in [6, 6.07) is -0.912. The average molecular weight is 1020 g/mol. The summed E-state index contributed by atoms with van der Waals surface area (Å²) in [5.41, 5.74) is 0. The van der Waals surface area contributed by atoms with Gasteiger partial charge in [0.15, 0.2) is 0 Å². The number of nitrogens with one attached hydrogen (secondary N) is 1. The number of carbonyl (C=O) groups excluding carboxylic acids is 1. The average Bonchev–Trinajstić information content (AvgIpc) is 3.34. The predicted molar refractivity (Wildman–Crippen MR) is 311 cm³/mol. The summed E-state index contributed by atoms with van der Waals surface area (Å²) >= 11 is 0. The van der Waals surface area contributed by atoms with Gasteiger partial charge in [-0.25, -0.2) is 0 Å². The molecule has 0 spiro atoms. The van der Waals surface area contributed by atoms with Crippen molar-refractivity contribution in [2.24, 2.45) is 0 Å². The number of phosphoric acid groups is 1. The van der Waals surface area contributed by atoms with Gasteiger partial charge in [-0.2, -0.15) is 0 Å². The van der Waals surface area contributed by atoms with Crippen LogP contribution in [0.3, 0.4) is 0 Å². The van der Waals surface area contributed by atoms with E-state index in [1.54, 1.807) is 6.08 Å². The summed E-state index contributed by atoms with van der Waals surface area (Å²) in [4.78, 5) is 25.4. The Kier molecular flexibility index (Phi) is 50.9. The van der Waals surface area contributed by atoms with E-state index in [-0.39, 0.29) is 12.5 Å². The first-order valence-electron chi connectivity index (χ1n) is 29.2. The number of carbonyl (C=O) groups is 1. The van der Waals surface area contributed by atoms with Crippen molar-refractivity contribution in [3.05, 3.63) is 109 Å². The van der Waals surface area contributed by atoms with Gasteiger partial charge in [0.1, 0.15) is 13.2 Å². The molecule has 0 rings (SSSR count). The van der Waals surface area contributed by atoms with E-state index in [1.807, 2.05) is 27.2 Å². The molecule has 0 aliphatic heterocycles. The number of aliphatic hydroxyl groups excluding tert-OH is 1. The van der Waals surface area contributed by atoms with Crippen molar-refractivity contribution in [1.29, 1.82) is 0 Å². The molecule has 0 fully saturated rings. The second kappa shape index (κ2) is 53.0. The molecule has 8 nitrogen and oxygen atoms in total. The van der Waals surface area contributed by atoms with Crippen LogP contribution in [0.2, 0.25) is 0 Å². The molecule has 0 heterocycles. The minimum absolute atomic E-state index is 0.0120. The van der Waals surface area contributed by atoms with Crippen LogP contribution in [0.1, 0.15) is 232 Å². The lowest BCUT2D eigenvalue weighted by molar-refractivity contribution is -0.870. The van der Waals surface area contributed by atoms with E-state index in [9.17, 15) is 19.4 Å². The molecule has 0 aliphatic rings. The number of hydrogen-bond donors (Lipinski definition) is 2. The van der Waals surface area contributed by atoms with Crippen LogP contribution in [0, 0.1) is 0 Å². The first kappa shape index (κ1) is 69.2. The normalized spacial score (nSPS) is 14.7. The van der Waals surface area contributed by atoms with Crippen LogP contribution in [-0.4, -0.2) is 68.5 Å². The molecule has 9 heteroatoms. The van der Waals surface area contributed by atoms with Crippen LogP contribution in [0.5, 0.6) is 0 Å². The van der Waals surface area contributed by atoms with Gasteiger partial charge in [-0.15, -0.1) is 0 Å². The van der Waals surface area contributed by atoms with E-state index in [1.165, 1.54) is 122 Å². The van der Waals surface area contributed by atoms with Crippen molar-refractivity contribution in [3.8, 4) is 0 Å². The third-order valence-corrected chi connectivity index (χ3v) is 13.4. The molecule has 0 aromatic heterocycles. The number of allylic oxidation sites excluding steroid dienone is 17. The molecular formula is C63H111N2O6P. The second-order valence-electron chi connectivity index (χ2n) is 20.6. The Bertz CT molecular complexity index is 1540. The highest BCUT2D eigenvalue weighted by Gasteiger charge is 2.23. The Morgan fingerprint density at radius 3 is 1.28 bits per heavy atom. The number of quaternary nitrogens is 1. The van der Waals surface area contributed by atoms with Crippen molar-refractivity contribution in [1.82, 2.24) is 5.32 Å². The molecule has 0 saturated heterocycles. The fraction of sp³-hybridized carbons (Fsp3) is 0.698. The topological polar surface area (TPSA) is 108 Å². The zero-order valence-corrected chi connectivity index (χ0v) is 48.0. The Morgan fingerprint density at radius 2 is 0.861 bits per heavy atom. The number of nitrogens with zero attached hydrogens (tertiary/aromatic N) is 1. The fourth-order valence-electron chi connectivity index (χ4n) is 7.90. The van der Waals surface area contributed by atoms with E-state index >= 15 is 0 Å². The fourth-order valence-corrected chi connectivity index (χ4v) is 8.62. The van der Waals surface area contributed by atoms with E-state index in [0.717, 1.165) is 89.9 Å². The van der Waals surface area contributed by atoms with Crippen LogP contribution >= 0.6 is 7.82 Å². The van der Waals surface area contributed by atoms with Gasteiger partial charge < -0.3 is 28.8 Å². The Morgan fingerprint density at radius 1 is 0.500 bits per heavy atom. The lowest BCUT2D eigenvalue weighted by atomic mass is 10.0. The molecule has 0 radical (unpaired) electrons. The number of aliphatic hydroxyl groups is 1. The molecule has 414 valence electrons. The molecule has 3 atom stereocenters. The van der Waals surface area contributed by atoms with Crippen LogP contribution in [-0.2, 0) is 18.4 Å². The van der Waals surface area contributed by atoms with E-state index in [4.69, 9.17) is 9.05 Å². The van der Waals surface area contributed by atoms with Gasteiger partial charge in [0.05, 0.1) is 39.9 Å². The molecule has 0 bridgehead atoms. The molecule has 0 aliphatic carbocycles. The van der Waals surface area contributed by atoms with Crippen LogP contribution < -0.4 is 10.2 Å². The SMILES string of the molecule is CC/C=C\C/C=C\C/C=C\C/C=C\C/C=C\C/C=C\CCCCCCCCCCCCCCCCCCCCCCC(=O)NC(COP(=O)([O-])OCC[N+](C)(C)C)C(O)/C=C/CC/C=C/CC/C=C/CCC. The molecule has 0 aromatic rings. The molecule has 72 heavy (non-hydrogen) atoms. The standard InChI is InChI=1S/C63H111N2O6P/c1-6-8-10-12-14-16-18-19-20-21-22-23-24-25-26-27-28-29-30-31-32-33-34-35-36-37-38-39-40-41-42-43-44-45-47-49-51-53-55-57-63(67)64-61(60-71-72(68,69)70-59-58-65(3,4)5)62(66)56-54-52-50-48-46-17-15-13-11-9-7-2/h8,10-11,13-14,16,19-20,22-23,25-26,28-29,46,48,54,56,61-62,66H,6-7,9,12,15,17-18,21,24,27,30-45,47,49-53,55,57-60H2,1-5H3,(H-,64,67,68,69)/b10-8-,13-11+,16-14-,20-19-,23-22-,26-25-,29-28-,48-46+,56-54+. The highest BCUT2D eigenvalue weighted by molar-refractivity contribution is 7.45. The summed E-state index contributed by atoms with van der Waals surface area (Å²) in [5, 5.41) is 13.8. The predicted octanol–water partition coefficient (Wildman–Crippen LogP) is 17.3. The maximum absolute atomic E-state index is 12.9. The van der Waals surface area contributed by atoms with E-state index in [2.05, 4.69) is 116 Å². The van der Waals surface area contributed by atoms with Crippen molar-refractivity contribution >= 4 is 13.7 Å². The summed E-state index contributed by atoms with van der Waals surface area (Å²) in [6.07, 6.45) is 77.7. The monoisotopic (exact) mass is 1020 g/mol. The minimum Gasteiger partial charge on any atom is -0.756 e. The molecule has 3 unspecified atom stereocenters. The third kappa shape index (κ3) is 54.9. The third-order valence-electron chi connectivity index (χ3n) is 12.4. The smallest absolute Gasteiger partial charge is 0.268 e. The van der Waals surface area contributed by atoms with Crippen molar-refractivity contribution < 1.29 is 32.9 Å². The van der Waals surface area contributed by atoms with Crippen LogP contribution in [0.4, 0.5) is 0 Å². The number of hydrogen-bond acceptors (Lipinski definition) is 6. The highest BCUT2D eigenvalue weighted by atomic mass is 31.2. The molecule has 0 aromatic carbocycles. The molecular weight excluding hydrogens is 912 g/mol. The maximum Gasteiger partial charge on any atom is 0.268 e. The number of phosphoric ester groups is 1. The summed E-state index contributed by atoms with van der Waals surface area (Å²) in [5.74, 6) is -0.215. The van der Waals surface area contributed by atoms with Crippen LogP contribution in [0.25, 0.3) is 0 Å². The van der Waals surface area contributed by atoms with Gasteiger partial charge in [0.25, 0.3) is 7.82 Å².